The number of ether oxygens (including phenoxy) is 1. The second kappa shape index (κ2) is 8.21. The van der Waals surface area contributed by atoms with Crippen molar-refractivity contribution in [1.29, 1.82) is 0 Å². The Hall–Kier alpha value is -2.57. The van der Waals surface area contributed by atoms with Crippen LogP contribution >= 0.6 is 0 Å². The maximum atomic E-state index is 12.6. The van der Waals surface area contributed by atoms with Crippen molar-refractivity contribution < 1.29 is 19.1 Å². The highest BCUT2D eigenvalue weighted by atomic mass is 16.5. The van der Waals surface area contributed by atoms with E-state index >= 15 is 0 Å². The summed E-state index contributed by atoms with van der Waals surface area (Å²) in [4.78, 5) is 39.9. The molecule has 1 N–H and O–H groups in total. The summed E-state index contributed by atoms with van der Waals surface area (Å²) in [5.74, 6) is -0.221. The Balaban J connectivity index is 1.61. The summed E-state index contributed by atoms with van der Waals surface area (Å²) in [6, 6.07) is 7.16. The van der Waals surface area contributed by atoms with Crippen molar-refractivity contribution in [3.8, 4) is 0 Å². The standard InChI is InChI=1S/C19H25N3O4/c1-2-26-18(24)14-9-12-21(13-10-14)19(25)20-15-6-3-4-7-16(15)22-11-5-8-17(22)23/h3-4,6-7,14H,2,5,8-13H2,1H3,(H,20,25). The third-order valence-electron chi connectivity index (χ3n) is 4.91. The molecule has 1 aromatic rings. The molecule has 0 spiro atoms. The molecule has 0 atom stereocenters. The van der Waals surface area contributed by atoms with Crippen LogP contribution in [0.25, 0.3) is 0 Å². The van der Waals surface area contributed by atoms with E-state index in [4.69, 9.17) is 4.74 Å². The number of rotatable bonds is 4. The number of amides is 3. The van der Waals surface area contributed by atoms with Crippen molar-refractivity contribution in [3.63, 3.8) is 0 Å². The number of hydrogen-bond acceptors (Lipinski definition) is 4. The van der Waals surface area contributed by atoms with Crippen molar-refractivity contribution >= 4 is 29.3 Å². The fourth-order valence-corrected chi connectivity index (χ4v) is 3.49. The molecule has 2 aliphatic rings. The van der Waals surface area contributed by atoms with E-state index in [0.29, 0.717) is 51.2 Å². The normalized spacial score (nSPS) is 18.1. The minimum absolute atomic E-state index is 0.0851. The van der Waals surface area contributed by atoms with Gasteiger partial charge in [-0.3, -0.25) is 9.59 Å². The predicted molar refractivity (Wildman–Crippen MR) is 98.0 cm³/mol. The first-order valence-electron chi connectivity index (χ1n) is 9.22. The Labute approximate surface area is 153 Å². The molecule has 3 rings (SSSR count). The van der Waals surface area contributed by atoms with E-state index in [9.17, 15) is 14.4 Å². The number of benzene rings is 1. The first-order valence-corrected chi connectivity index (χ1v) is 9.22. The Morgan fingerprint density at radius 1 is 1.19 bits per heavy atom. The van der Waals surface area contributed by atoms with Crippen molar-refractivity contribution in [3.05, 3.63) is 24.3 Å². The minimum Gasteiger partial charge on any atom is -0.466 e. The molecule has 7 heteroatoms. The molecule has 0 bridgehead atoms. The van der Waals surface area contributed by atoms with Crippen LogP contribution in [0.4, 0.5) is 16.2 Å². The summed E-state index contributed by atoms with van der Waals surface area (Å²) in [6.07, 6.45) is 2.60. The summed E-state index contributed by atoms with van der Waals surface area (Å²) in [5.41, 5.74) is 1.38. The molecule has 3 amide bonds. The van der Waals surface area contributed by atoms with Gasteiger partial charge in [0.1, 0.15) is 0 Å². The number of likely N-dealkylation sites (tertiary alicyclic amines) is 1. The topological polar surface area (TPSA) is 79.0 Å². The second-order valence-electron chi connectivity index (χ2n) is 6.61. The van der Waals surface area contributed by atoms with Crippen LogP contribution in [0, 0.1) is 5.92 Å². The number of carbonyl (C=O) groups excluding carboxylic acids is 3. The second-order valence-corrected chi connectivity index (χ2v) is 6.61. The molecule has 2 saturated heterocycles. The average Bonchev–Trinajstić information content (AvgIpc) is 3.08. The molecule has 0 aromatic heterocycles. The lowest BCUT2D eigenvalue weighted by Crippen LogP contribution is -2.43. The maximum Gasteiger partial charge on any atom is 0.321 e. The zero-order chi connectivity index (χ0) is 18.5. The Morgan fingerprint density at radius 2 is 1.92 bits per heavy atom. The van der Waals surface area contributed by atoms with E-state index in [1.165, 1.54) is 0 Å². The van der Waals surface area contributed by atoms with Crippen LogP contribution in [0.5, 0.6) is 0 Å². The first kappa shape index (κ1) is 18.2. The zero-order valence-corrected chi connectivity index (χ0v) is 15.1. The lowest BCUT2D eigenvalue weighted by atomic mass is 9.97. The number of piperidine rings is 1. The van der Waals surface area contributed by atoms with Gasteiger partial charge < -0.3 is 19.9 Å². The quantitative estimate of drug-likeness (QED) is 0.838. The van der Waals surface area contributed by atoms with Crippen LogP contribution in [-0.4, -0.2) is 49.0 Å². The van der Waals surface area contributed by atoms with E-state index in [1.807, 2.05) is 24.3 Å². The number of nitrogens with one attached hydrogen (secondary N) is 1. The molecule has 2 heterocycles. The van der Waals surface area contributed by atoms with E-state index in [1.54, 1.807) is 16.7 Å². The van der Waals surface area contributed by atoms with Gasteiger partial charge in [0.15, 0.2) is 0 Å². The van der Waals surface area contributed by atoms with Gasteiger partial charge in [0.25, 0.3) is 0 Å². The molecule has 2 aliphatic heterocycles. The number of nitrogens with zero attached hydrogens (tertiary/aromatic N) is 2. The molecule has 7 nitrogen and oxygen atoms in total. The average molecular weight is 359 g/mol. The van der Waals surface area contributed by atoms with Gasteiger partial charge in [0.05, 0.1) is 23.9 Å². The SMILES string of the molecule is CCOC(=O)C1CCN(C(=O)Nc2ccccc2N2CCCC2=O)CC1. The molecular formula is C19H25N3O4. The molecule has 0 saturated carbocycles. The van der Waals surface area contributed by atoms with Crippen LogP contribution in [0.1, 0.15) is 32.6 Å². The summed E-state index contributed by atoms with van der Waals surface area (Å²) in [6.45, 7) is 3.88. The molecule has 0 aliphatic carbocycles. The highest BCUT2D eigenvalue weighted by Gasteiger charge is 2.29. The number of para-hydroxylation sites is 2. The number of hydrogen-bond donors (Lipinski definition) is 1. The van der Waals surface area contributed by atoms with Crippen LogP contribution in [0.2, 0.25) is 0 Å². The highest BCUT2D eigenvalue weighted by molar-refractivity contribution is 6.01. The van der Waals surface area contributed by atoms with Crippen molar-refractivity contribution in [2.75, 3.05) is 36.5 Å². The third-order valence-corrected chi connectivity index (χ3v) is 4.91. The molecular weight excluding hydrogens is 334 g/mol. The maximum absolute atomic E-state index is 12.6. The van der Waals surface area contributed by atoms with Crippen molar-refractivity contribution in [1.82, 2.24) is 4.90 Å². The van der Waals surface area contributed by atoms with E-state index in [-0.39, 0.29) is 23.8 Å². The van der Waals surface area contributed by atoms with Gasteiger partial charge >= 0.3 is 12.0 Å². The number of anilines is 2. The van der Waals surface area contributed by atoms with Gasteiger partial charge in [-0.25, -0.2) is 4.79 Å². The van der Waals surface area contributed by atoms with Crippen LogP contribution in [0.15, 0.2) is 24.3 Å². The molecule has 2 fully saturated rings. The molecule has 26 heavy (non-hydrogen) atoms. The minimum atomic E-state index is -0.202. The van der Waals surface area contributed by atoms with Gasteiger partial charge in [-0.05, 0) is 38.3 Å². The van der Waals surface area contributed by atoms with Crippen molar-refractivity contribution in [2.45, 2.75) is 32.6 Å². The summed E-state index contributed by atoms with van der Waals surface area (Å²) in [5, 5.41) is 2.92. The van der Waals surface area contributed by atoms with Gasteiger partial charge in [-0.2, -0.15) is 0 Å². The number of esters is 1. The fraction of sp³-hybridized carbons (Fsp3) is 0.526. The lowest BCUT2D eigenvalue weighted by molar-refractivity contribution is -0.149. The molecule has 1 aromatic carbocycles. The van der Waals surface area contributed by atoms with Gasteiger partial charge in [0.2, 0.25) is 5.91 Å². The van der Waals surface area contributed by atoms with Gasteiger partial charge in [-0.1, -0.05) is 12.1 Å². The van der Waals surface area contributed by atoms with Crippen LogP contribution in [0.3, 0.4) is 0 Å². The molecule has 0 radical (unpaired) electrons. The van der Waals surface area contributed by atoms with Crippen LogP contribution < -0.4 is 10.2 Å². The van der Waals surface area contributed by atoms with Crippen molar-refractivity contribution in [2.24, 2.45) is 5.92 Å². The smallest absolute Gasteiger partial charge is 0.321 e. The fourth-order valence-electron chi connectivity index (χ4n) is 3.49. The van der Waals surface area contributed by atoms with E-state index in [2.05, 4.69) is 5.32 Å². The largest absolute Gasteiger partial charge is 0.466 e. The van der Waals surface area contributed by atoms with Gasteiger partial charge in [-0.15, -0.1) is 0 Å². The number of urea groups is 1. The highest BCUT2D eigenvalue weighted by Crippen LogP contribution is 2.30. The summed E-state index contributed by atoms with van der Waals surface area (Å²) in [7, 11) is 0. The summed E-state index contributed by atoms with van der Waals surface area (Å²) < 4.78 is 5.06. The zero-order valence-electron chi connectivity index (χ0n) is 15.1. The van der Waals surface area contributed by atoms with E-state index < -0.39 is 0 Å². The molecule has 140 valence electrons. The predicted octanol–water partition coefficient (Wildman–Crippen LogP) is 2.62. The lowest BCUT2D eigenvalue weighted by Gasteiger charge is -2.31. The first-order chi connectivity index (χ1) is 12.6. The molecule has 0 unspecified atom stereocenters. The monoisotopic (exact) mass is 359 g/mol. The Bertz CT molecular complexity index is 683. The Morgan fingerprint density at radius 3 is 2.58 bits per heavy atom. The summed E-state index contributed by atoms with van der Waals surface area (Å²) >= 11 is 0. The third kappa shape index (κ3) is 3.98. The number of carbonyl (C=O) groups is 3. The van der Waals surface area contributed by atoms with Crippen LogP contribution in [-0.2, 0) is 14.3 Å². The van der Waals surface area contributed by atoms with Gasteiger partial charge in [0, 0.05) is 26.1 Å². The Kier molecular flexibility index (Phi) is 5.75. The van der Waals surface area contributed by atoms with E-state index in [0.717, 1.165) is 12.1 Å².